The van der Waals surface area contributed by atoms with Gasteiger partial charge in [-0.25, -0.2) is 14.4 Å². The van der Waals surface area contributed by atoms with Crippen molar-refractivity contribution in [3.8, 4) is 0 Å². The molecule has 2 aliphatic rings. The summed E-state index contributed by atoms with van der Waals surface area (Å²) in [4.78, 5) is 28.2. The molecule has 1 saturated heterocycles. The minimum Gasteiger partial charge on any atom is -0.383 e. The fourth-order valence-electron chi connectivity index (χ4n) is 4.13. The quantitative estimate of drug-likeness (QED) is 0.437. The predicted octanol–water partition coefficient (Wildman–Crippen LogP) is 5.46. The van der Waals surface area contributed by atoms with Crippen molar-refractivity contribution in [2.75, 3.05) is 23.7 Å². The zero-order valence-corrected chi connectivity index (χ0v) is 21.1. The molecular formula is C27H27F4N7O. The molecule has 1 fully saturated rings. The summed E-state index contributed by atoms with van der Waals surface area (Å²) >= 11 is 0. The Hall–Kier alpha value is -4.48. The number of aryl methyl sites for hydroxylation is 1. The highest BCUT2D eigenvalue weighted by molar-refractivity contribution is 6.41. The molecule has 0 atom stereocenters. The van der Waals surface area contributed by atoms with E-state index in [1.807, 2.05) is 0 Å². The number of alkyl halides is 3. The average Bonchev–Trinajstić information content (AvgIpc) is 2.91. The minimum atomic E-state index is -4.90. The molecule has 2 heterocycles. The van der Waals surface area contributed by atoms with E-state index < -0.39 is 23.5 Å². The van der Waals surface area contributed by atoms with Crippen LogP contribution in [-0.4, -0.2) is 41.8 Å². The van der Waals surface area contributed by atoms with Gasteiger partial charge in [0.05, 0.1) is 11.8 Å². The van der Waals surface area contributed by atoms with E-state index in [0.717, 1.165) is 44.0 Å². The molecule has 0 unspecified atom stereocenters. The summed E-state index contributed by atoms with van der Waals surface area (Å²) in [5, 5.41) is 5.44. The highest BCUT2D eigenvalue weighted by Crippen LogP contribution is 2.33. The van der Waals surface area contributed by atoms with Gasteiger partial charge in [-0.1, -0.05) is 12.6 Å². The molecule has 39 heavy (non-hydrogen) atoms. The number of halogens is 4. The number of carbonyl (C=O) groups excluding carboxylic acids is 1. The molecule has 0 aromatic heterocycles. The van der Waals surface area contributed by atoms with Crippen LogP contribution in [0.4, 0.5) is 28.9 Å². The number of benzene rings is 2. The number of hydrogen-bond donors (Lipinski definition) is 3. The van der Waals surface area contributed by atoms with Gasteiger partial charge in [-0.3, -0.25) is 9.79 Å². The van der Waals surface area contributed by atoms with Crippen molar-refractivity contribution in [3.05, 3.63) is 83.2 Å². The summed E-state index contributed by atoms with van der Waals surface area (Å²) in [6, 6.07) is 6.93. The van der Waals surface area contributed by atoms with Crippen molar-refractivity contribution in [1.29, 1.82) is 0 Å². The van der Waals surface area contributed by atoms with Gasteiger partial charge in [0.15, 0.2) is 0 Å². The van der Waals surface area contributed by atoms with Crippen LogP contribution in [-0.2, 0) is 6.18 Å². The Bertz CT molecular complexity index is 1400. The third kappa shape index (κ3) is 6.51. The maximum Gasteiger partial charge on any atom is 0.419 e. The Labute approximate surface area is 222 Å². The number of nitrogens with two attached hydrogens (primary N) is 1. The molecule has 12 heteroatoms. The van der Waals surface area contributed by atoms with Crippen LogP contribution >= 0.6 is 0 Å². The SMILES string of the molecule is C=C/N=C1/C=NC(N2CCCCC2)=N/C1=C(/N)Nc1cc(C(=O)Nc2ccc(F)c(C(F)(F)F)c2)ccc1C. The number of carbonyl (C=O) groups is 1. The fourth-order valence-corrected chi connectivity index (χ4v) is 4.13. The summed E-state index contributed by atoms with van der Waals surface area (Å²) in [6.45, 7) is 7.08. The number of anilines is 2. The van der Waals surface area contributed by atoms with Crippen molar-refractivity contribution in [2.24, 2.45) is 20.7 Å². The second kappa shape index (κ2) is 11.5. The molecule has 8 nitrogen and oxygen atoms in total. The Morgan fingerprint density at radius 1 is 1.13 bits per heavy atom. The molecule has 0 aliphatic carbocycles. The van der Waals surface area contributed by atoms with Crippen molar-refractivity contribution >= 4 is 35.2 Å². The first-order valence-electron chi connectivity index (χ1n) is 12.2. The van der Waals surface area contributed by atoms with Crippen LogP contribution in [0.3, 0.4) is 0 Å². The number of guanidine groups is 1. The predicted molar refractivity (Wildman–Crippen MR) is 144 cm³/mol. The summed E-state index contributed by atoms with van der Waals surface area (Å²) in [5.41, 5.74) is 6.84. The second-order valence-electron chi connectivity index (χ2n) is 8.98. The summed E-state index contributed by atoms with van der Waals surface area (Å²) in [7, 11) is 0. The Morgan fingerprint density at radius 3 is 2.56 bits per heavy atom. The van der Waals surface area contributed by atoms with E-state index in [1.165, 1.54) is 18.3 Å². The van der Waals surface area contributed by atoms with Crippen LogP contribution in [0.5, 0.6) is 0 Å². The number of nitrogens with one attached hydrogen (secondary N) is 2. The molecule has 2 aromatic rings. The van der Waals surface area contributed by atoms with Crippen LogP contribution < -0.4 is 16.4 Å². The second-order valence-corrected chi connectivity index (χ2v) is 8.98. The Morgan fingerprint density at radius 2 is 1.87 bits per heavy atom. The number of amides is 1. The van der Waals surface area contributed by atoms with Gasteiger partial charge in [-0.2, -0.15) is 13.2 Å². The molecule has 0 bridgehead atoms. The third-order valence-corrected chi connectivity index (χ3v) is 6.18. The molecule has 204 valence electrons. The van der Waals surface area contributed by atoms with Gasteiger partial charge in [0, 0.05) is 36.2 Å². The van der Waals surface area contributed by atoms with Crippen molar-refractivity contribution < 1.29 is 22.4 Å². The van der Waals surface area contributed by atoms with Crippen molar-refractivity contribution in [2.45, 2.75) is 32.4 Å². The van der Waals surface area contributed by atoms with Gasteiger partial charge in [0.2, 0.25) is 5.96 Å². The van der Waals surface area contributed by atoms with Crippen LogP contribution in [0.15, 0.2) is 75.7 Å². The van der Waals surface area contributed by atoms with E-state index in [9.17, 15) is 22.4 Å². The summed E-state index contributed by atoms with van der Waals surface area (Å²) < 4.78 is 52.8. The Kier molecular flexibility index (Phi) is 8.12. The number of nitrogens with zero attached hydrogens (tertiary/aromatic N) is 4. The molecule has 0 saturated carbocycles. The van der Waals surface area contributed by atoms with E-state index in [-0.39, 0.29) is 17.1 Å². The monoisotopic (exact) mass is 541 g/mol. The van der Waals surface area contributed by atoms with Crippen molar-refractivity contribution in [1.82, 2.24) is 4.90 Å². The maximum absolute atomic E-state index is 13.6. The van der Waals surface area contributed by atoms with Crippen LogP contribution in [0, 0.1) is 12.7 Å². The van der Waals surface area contributed by atoms with Crippen LogP contribution in [0.25, 0.3) is 0 Å². The van der Waals surface area contributed by atoms with E-state index in [1.54, 1.807) is 19.2 Å². The third-order valence-electron chi connectivity index (χ3n) is 6.18. The zero-order chi connectivity index (χ0) is 28.2. The number of likely N-dealkylation sites (tertiary alicyclic amines) is 1. The van der Waals surface area contributed by atoms with Crippen LogP contribution in [0.1, 0.15) is 40.7 Å². The fraction of sp³-hybridized carbons (Fsp3) is 0.259. The molecule has 0 spiro atoms. The lowest BCUT2D eigenvalue weighted by atomic mass is 10.1. The number of hydrogen-bond acceptors (Lipinski definition) is 7. The lowest BCUT2D eigenvalue weighted by molar-refractivity contribution is -0.139. The Balaban J connectivity index is 1.60. The minimum absolute atomic E-state index is 0.140. The first-order chi connectivity index (χ1) is 18.6. The highest BCUT2D eigenvalue weighted by Gasteiger charge is 2.34. The van der Waals surface area contributed by atoms with Gasteiger partial charge in [0.1, 0.15) is 23.0 Å². The number of aliphatic imine (C=N–C) groups is 3. The molecule has 2 aromatic carbocycles. The smallest absolute Gasteiger partial charge is 0.383 e. The first kappa shape index (κ1) is 27.6. The standard InChI is InChI=1S/C27H27F4N7O/c1-3-33-22-15-34-26(38-11-5-4-6-12-38)37-23(22)24(32)36-21-13-17(8-7-16(21)2)25(39)35-18-9-10-20(28)19(14-18)27(29,30)31/h3,7-10,13-15,36H,1,4-6,11-12,32H2,2H3,(H,35,39)/b24-23-,33-22-. The molecule has 4 rings (SSSR count). The van der Waals surface area contributed by atoms with Gasteiger partial charge in [-0.15, -0.1) is 0 Å². The molecule has 4 N–H and O–H groups in total. The lowest BCUT2D eigenvalue weighted by Gasteiger charge is -2.29. The molecule has 0 radical (unpaired) electrons. The number of piperidine rings is 1. The lowest BCUT2D eigenvalue weighted by Crippen LogP contribution is -2.37. The van der Waals surface area contributed by atoms with E-state index in [2.05, 4.69) is 37.1 Å². The maximum atomic E-state index is 13.6. The molecule has 2 aliphatic heterocycles. The largest absolute Gasteiger partial charge is 0.419 e. The average molecular weight is 542 g/mol. The summed E-state index contributed by atoms with van der Waals surface area (Å²) in [6.07, 6.45) is 1.25. The van der Waals surface area contributed by atoms with Gasteiger partial charge < -0.3 is 21.3 Å². The van der Waals surface area contributed by atoms with Gasteiger partial charge in [-0.05, 0) is 62.1 Å². The van der Waals surface area contributed by atoms with Crippen LogP contribution in [0.2, 0.25) is 0 Å². The highest BCUT2D eigenvalue weighted by atomic mass is 19.4. The van der Waals surface area contributed by atoms with Gasteiger partial charge in [0.25, 0.3) is 5.91 Å². The molecule has 1 amide bonds. The van der Waals surface area contributed by atoms with Crippen molar-refractivity contribution in [3.63, 3.8) is 0 Å². The number of allylic oxidation sites excluding steroid dienone is 1. The first-order valence-corrected chi connectivity index (χ1v) is 12.2. The van der Waals surface area contributed by atoms with E-state index >= 15 is 0 Å². The molecular weight excluding hydrogens is 514 g/mol. The topological polar surface area (TPSA) is 107 Å². The zero-order valence-electron chi connectivity index (χ0n) is 21.1. The number of rotatable bonds is 5. The van der Waals surface area contributed by atoms with Gasteiger partial charge >= 0.3 is 6.18 Å². The summed E-state index contributed by atoms with van der Waals surface area (Å²) in [5.74, 6) is -1.43. The van der Waals surface area contributed by atoms with E-state index in [0.29, 0.717) is 35.2 Å². The van der Waals surface area contributed by atoms with E-state index in [4.69, 9.17) is 5.73 Å². The normalized spacial score (nSPS) is 18.0.